The van der Waals surface area contributed by atoms with E-state index in [2.05, 4.69) is 10.2 Å². The highest BCUT2D eigenvalue weighted by Gasteiger charge is 2.59. The van der Waals surface area contributed by atoms with Gasteiger partial charge in [-0.25, -0.2) is 8.78 Å². The lowest BCUT2D eigenvalue weighted by Crippen LogP contribution is -1.99. The van der Waals surface area contributed by atoms with Gasteiger partial charge < -0.3 is 5.73 Å². The van der Waals surface area contributed by atoms with Crippen LogP contribution in [0.25, 0.3) is 10.9 Å². The number of H-pyrrole nitrogens is 1. The number of benzene rings is 1. The molecule has 2 aromatic rings. The standard InChI is InChI=1S/C10H8ClF2N3/c11-6-1-7-4(3-15-16-7)9(14)8(6)5-2-10(5,12)13/h1,3,5H,2,14H2,(H,15,16). The van der Waals surface area contributed by atoms with Gasteiger partial charge in [-0.3, -0.25) is 5.10 Å². The second-order valence-corrected chi connectivity index (χ2v) is 4.44. The third-order valence-electron chi connectivity index (χ3n) is 2.95. The fourth-order valence-electron chi connectivity index (χ4n) is 1.98. The van der Waals surface area contributed by atoms with Crippen LogP contribution in [-0.2, 0) is 0 Å². The van der Waals surface area contributed by atoms with E-state index in [0.29, 0.717) is 22.2 Å². The molecule has 1 fully saturated rings. The van der Waals surface area contributed by atoms with Gasteiger partial charge in [0.1, 0.15) is 0 Å². The summed E-state index contributed by atoms with van der Waals surface area (Å²) in [7, 11) is 0. The van der Waals surface area contributed by atoms with Crippen molar-refractivity contribution in [3.8, 4) is 0 Å². The molecule has 3 N–H and O–H groups in total. The number of hydrogen-bond acceptors (Lipinski definition) is 2. The van der Waals surface area contributed by atoms with Gasteiger partial charge in [0, 0.05) is 28.1 Å². The van der Waals surface area contributed by atoms with E-state index in [4.69, 9.17) is 17.3 Å². The Balaban J connectivity index is 2.24. The molecule has 1 heterocycles. The first-order chi connectivity index (χ1) is 7.50. The molecule has 0 saturated heterocycles. The first-order valence-corrected chi connectivity index (χ1v) is 5.17. The highest BCUT2D eigenvalue weighted by atomic mass is 35.5. The van der Waals surface area contributed by atoms with E-state index in [9.17, 15) is 8.78 Å². The zero-order valence-corrected chi connectivity index (χ0v) is 8.85. The van der Waals surface area contributed by atoms with Crippen molar-refractivity contribution in [3.05, 3.63) is 22.8 Å². The van der Waals surface area contributed by atoms with Gasteiger partial charge in [-0.2, -0.15) is 5.10 Å². The second kappa shape index (κ2) is 2.85. The normalized spacial score (nSPS) is 22.6. The van der Waals surface area contributed by atoms with E-state index in [1.54, 1.807) is 6.07 Å². The Morgan fingerprint density at radius 2 is 2.25 bits per heavy atom. The smallest absolute Gasteiger partial charge is 0.256 e. The van der Waals surface area contributed by atoms with E-state index in [1.165, 1.54) is 6.20 Å². The lowest BCUT2D eigenvalue weighted by atomic mass is 10.1. The number of hydrogen-bond donors (Lipinski definition) is 2. The van der Waals surface area contributed by atoms with Crippen molar-refractivity contribution in [2.75, 3.05) is 5.73 Å². The minimum Gasteiger partial charge on any atom is -0.398 e. The van der Waals surface area contributed by atoms with Crippen molar-refractivity contribution in [1.29, 1.82) is 0 Å². The third-order valence-corrected chi connectivity index (χ3v) is 3.26. The Kier molecular flexibility index (Phi) is 1.75. The summed E-state index contributed by atoms with van der Waals surface area (Å²) in [6.07, 6.45) is 1.34. The topological polar surface area (TPSA) is 54.7 Å². The predicted molar refractivity (Wildman–Crippen MR) is 57.8 cm³/mol. The van der Waals surface area contributed by atoms with Crippen molar-refractivity contribution in [1.82, 2.24) is 10.2 Å². The maximum absolute atomic E-state index is 13.0. The quantitative estimate of drug-likeness (QED) is 0.757. The van der Waals surface area contributed by atoms with Crippen LogP contribution in [0.4, 0.5) is 14.5 Å². The molecule has 1 aliphatic rings. The summed E-state index contributed by atoms with van der Waals surface area (Å²) in [6, 6.07) is 1.59. The van der Waals surface area contributed by atoms with E-state index in [1.807, 2.05) is 0 Å². The molecule has 0 aliphatic heterocycles. The second-order valence-electron chi connectivity index (χ2n) is 4.03. The number of nitrogens with zero attached hydrogens (tertiary/aromatic N) is 1. The first-order valence-electron chi connectivity index (χ1n) is 4.79. The van der Waals surface area contributed by atoms with E-state index in [-0.39, 0.29) is 11.4 Å². The molecule has 0 radical (unpaired) electrons. The summed E-state index contributed by atoms with van der Waals surface area (Å²) in [5, 5.41) is 7.43. The molecule has 84 valence electrons. The number of rotatable bonds is 1. The maximum Gasteiger partial charge on any atom is 0.256 e. The Morgan fingerprint density at radius 3 is 2.88 bits per heavy atom. The molecule has 16 heavy (non-hydrogen) atoms. The lowest BCUT2D eigenvalue weighted by Gasteiger charge is -2.08. The van der Waals surface area contributed by atoms with Crippen molar-refractivity contribution < 1.29 is 8.78 Å². The monoisotopic (exact) mass is 243 g/mol. The van der Waals surface area contributed by atoms with Crippen LogP contribution in [0.3, 0.4) is 0 Å². The van der Waals surface area contributed by atoms with Gasteiger partial charge in [0.25, 0.3) is 5.92 Å². The molecule has 0 spiro atoms. The number of aromatic amines is 1. The first kappa shape index (κ1) is 9.84. The van der Waals surface area contributed by atoms with Gasteiger partial charge in [-0.05, 0) is 6.07 Å². The largest absolute Gasteiger partial charge is 0.398 e. The molecule has 1 aromatic heterocycles. The molecule has 1 unspecified atom stereocenters. The summed E-state index contributed by atoms with van der Waals surface area (Å²) in [4.78, 5) is 0. The molecular formula is C10H8ClF2N3. The molecule has 1 aliphatic carbocycles. The van der Waals surface area contributed by atoms with Crippen LogP contribution < -0.4 is 5.73 Å². The number of alkyl halides is 2. The number of nitrogens with two attached hydrogens (primary N) is 1. The van der Waals surface area contributed by atoms with Crippen LogP contribution in [0.1, 0.15) is 17.9 Å². The number of anilines is 1. The number of nitrogens with one attached hydrogen (secondary N) is 1. The number of fused-ring (bicyclic) bond motifs is 1. The van der Waals surface area contributed by atoms with Crippen LogP contribution in [0.2, 0.25) is 5.02 Å². The highest BCUT2D eigenvalue weighted by Crippen LogP contribution is 2.59. The summed E-state index contributed by atoms with van der Waals surface area (Å²) in [5.74, 6) is -3.52. The number of halogens is 3. The Bertz CT molecular complexity index is 579. The Labute approximate surface area is 94.6 Å². The van der Waals surface area contributed by atoms with E-state index in [0.717, 1.165) is 0 Å². The molecule has 0 amide bonds. The van der Waals surface area contributed by atoms with Gasteiger partial charge in [-0.15, -0.1) is 0 Å². The zero-order valence-electron chi connectivity index (χ0n) is 8.10. The average molecular weight is 244 g/mol. The Hall–Kier alpha value is -1.36. The molecule has 1 aromatic carbocycles. The van der Waals surface area contributed by atoms with Crippen LogP contribution in [0, 0.1) is 0 Å². The number of nitrogen functional groups attached to an aromatic ring is 1. The fraction of sp³-hybridized carbons (Fsp3) is 0.300. The number of aromatic nitrogens is 2. The van der Waals surface area contributed by atoms with Crippen molar-refractivity contribution >= 4 is 28.2 Å². The molecule has 0 bridgehead atoms. The third kappa shape index (κ3) is 1.21. The predicted octanol–water partition coefficient (Wildman–Crippen LogP) is 2.92. The minimum atomic E-state index is -2.67. The fourth-order valence-corrected chi connectivity index (χ4v) is 2.32. The van der Waals surface area contributed by atoms with Gasteiger partial charge in [0.15, 0.2) is 0 Å². The lowest BCUT2D eigenvalue weighted by molar-refractivity contribution is 0.112. The molecule has 3 rings (SSSR count). The summed E-state index contributed by atoms with van der Waals surface area (Å²) in [5.41, 5.74) is 7.16. The van der Waals surface area contributed by atoms with Crippen molar-refractivity contribution in [3.63, 3.8) is 0 Å². The molecular weight excluding hydrogens is 236 g/mol. The molecule has 3 nitrogen and oxygen atoms in total. The SMILES string of the molecule is Nc1c(C2CC2(F)F)c(Cl)cc2[nH]ncc12. The Morgan fingerprint density at radius 1 is 1.56 bits per heavy atom. The average Bonchev–Trinajstić information content (AvgIpc) is 2.62. The minimum absolute atomic E-state index is 0.180. The van der Waals surface area contributed by atoms with Crippen LogP contribution in [-0.4, -0.2) is 16.1 Å². The van der Waals surface area contributed by atoms with Crippen molar-refractivity contribution in [2.24, 2.45) is 0 Å². The highest BCUT2D eigenvalue weighted by molar-refractivity contribution is 6.33. The summed E-state index contributed by atoms with van der Waals surface area (Å²) in [6.45, 7) is 0. The summed E-state index contributed by atoms with van der Waals surface area (Å²) < 4.78 is 26.1. The van der Waals surface area contributed by atoms with Crippen molar-refractivity contribution in [2.45, 2.75) is 18.3 Å². The van der Waals surface area contributed by atoms with E-state index >= 15 is 0 Å². The van der Waals surface area contributed by atoms with Crippen LogP contribution in [0.15, 0.2) is 12.3 Å². The van der Waals surface area contributed by atoms with Crippen LogP contribution in [0.5, 0.6) is 0 Å². The van der Waals surface area contributed by atoms with Gasteiger partial charge in [0.05, 0.1) is 17.6 Å². The van der Waals surface area contributed by atoms with Gasteiger partial charge >= 0.3 is 0 Å². The molecule has 1 atom stereocenters. The molecule has 6 heteroatoms. The molecule has 1 saturated carbocycles. The van der Waals surface area contributed by atoms with E-state index < -0.39 is 11.8 Å². The maximum atomic E-state index is 13.0. The van der Waals surface area contributed by atoms with Gasteiger partial charge in [-0.1, -0.05) is 11.6 Å². The summed E-state index contributed by atoms with van der Waals surface area (Å²) >= 11 is 5.97. The van der Waals surface area contributed by atoms with Crippen LogP contribution >= 0.6 is 11.6 Å². The zero-order chi connectivity index (χ0) is 11.5. The van der Waals surface area contributed by atoms with Gasteiger partial charge in [0.2, 0.25) is 0 Å².